The lowest BCUT2D eigenvalue weighted by Gasteiger charge is -2.51. The van der Waals surface area contributed by atoms with Crippen LogP contribution in [0.2, 0.25) is 22.2 Å². The molecule has 2 fully saturated rings. The lowest BCUT2D eigenvalue weighted by atomic mass is 10.1. The highest BCUT2D eigenvalue weighted by atomic mass is 28.5. The topological polar surface area (TPSA) is 36.9 Å². The summed E-state index contributed by atoms with van der Waals surface area (Å²) in [6.07, 6.45) is 1.35. The van der Waals surface area contributed by atoms with E-state index in [2.05, 4.69) is 62.3 Å². The Morgan fingerprint density at radius 1 is 0.750 bits per heavy atom. The first kappa shape index (κ1) is 20.6. The summed E-state index contributed by atoms with van der Waals surface area (Å²) in [5, 5.41) is 0. The molecule has 2 rings (SSSR count). The fraction of sp³-hybridized carbons (Fsp3) is 1.00. The first-order chi connectivity index (χ1) is 11.0. The van der Waals surface area contributed by atoms with Crippen molar-refractivity contribution < 1.29 is 17.7 Å². The minimum Gasteiger partial charge on any atom is -0.414 e. The van der Waals surface area contributed by atoms with Crippen LogP contribution >= 0.6 is 0 Å². The third-order valence-corrected chi connectivity index (χ3v) is 16.0. The zero-order chi connectivity index (χ0) is 18.3. The Hall–Kier alpha value is 0.274. The van der Waals surface area contributed by atoms with Crippen LogP contribution in [0.4, 0.5) is 0 Å². The van der Waals surface area contributed by atoms with Crippen LogP contribution in [-0.2, 0) is 17.7 Å². The first-order valence-electron chi connectivity index (χ1n) is 9.72. The van der Waals surface area contributed by atoms with Crippen LogP contribution in [0.1, 0.15) is 68.7 Å². The molecule has 0 bridgehead atoms. The number of hydrogen-bond donors (Lipinski definition) is 0. The lowest BCUT2D eigenvalue weighted by Crippen LogP contribution is -2.65. The second-order valence-corrected chi connectivity index (χ2v) is 17.7. The van der Waals surface area contributed by atoms with Crippen molar-refractivity contribution in [2.24, 2.45) is 0 Å². The van der Waals surface area contributed by atoms with Crippen LogP contribution < -0.4 is 0 Å². The molecule has 1 unspecified atom stereocenters. The molecule has 2 saturated heterocycles. The van der Waals surface area contributed by atoms with Crippen molar-refractivity contribution in [3.8, 4) is 0 Å². The predicted octanol–water partition coefficient (Wildman–Crippen LogP) is 5.12. The Labute approximate surface area is 151 Å². The van der Waals surface area contributed by atoms with Crippen molar-refractivity contribution in [1.29, 1.82) is 0 Å². The monoisotopic (exact) mass is 374 g/mol. The summed E-state index contributed by atoms with van der Waals surface area (Å²) in [5.41, 5.74) is 1.56. The average molecular weight is 375 g/mol. The summed E-state index contributed by atoms with van der Waals surface area (Å²) in [7, 11) is -4.85. The van der Waals surface area contributed by atoms with Crippen LogP contribution in [0.15, 0.2) is 0 Å². The van der Waals surface area contributed by atoms with Gasteiger partial charge in [-0.25, -0.2) is 0 Å². The smallest absolute Gasteiger partial charge is 0.335 e. The quantitative estimate of drug-likeness (QED) is 0.640. The molecular weight excluding hydrogens is 336 g/mol. The zero-order valence-electron chi connectivity index (χ0n) is 17.1. The molecule has 0 radical (unpaired) electrons. The van der Waals surface area contributed by atoms with Gasteiger partial charge < -0.3 is 17.7 Å². The van der Waals surface area contributed by atoms with Gasteiger partial charge >= 0.3 is 17.1 Å². The van der Waals surface area contributed by atoms with E-state index >= 15 is 0 Å². The van der Waals surface area contributed by atoms with Crippen molar-refractivity contribution in [2.45, 2.75) is 109 Å². The van der Waals surface area contributed by atoms with Gasteiger partial charge in [-0.15, -0.1) is 0 Å². The molecule has 24 heavy (non-hydrogen) atoms. The van der Waals surface area contributed by atoms with E-state index in [4.69, 9.17) is 17.7 Å². The van der Waals surface area contributed by atoms with E-state index in [1.165, 1.54) is 0 Å². The van der Waals surface area contributed by atoms with Crippen molar-refractivity contribution in [2.75, 3.05) is 6.61 Å². The van der Waals surface area contributed by atoms with Gasteiger partial charge in [0.15, 0.2) is 0 Å². The summed E-state index contributed by atoms with van der Waals surface area (Å²) < 4.78 is 26.8. The molecule has 0 N–H and O–H groups in total. The molecule has 0 aromatic carbocycles. The van der Waals surface area contributed by atoms with Gasteiger partial charge in [-0.2, -0.15) is 0 Å². The molecule has 3 atom stereocenters. The lowest BCUT2D eigenvalue weighted by molar-refractivity contribution is -0.0344. The van der Waals surface area contributed by atoms with Crippen molar-refractivity contribution in [1.82, 2.24) is 0 Å². The van der Waals surface area contributed by atoms with Crippen molar-refractivity contribution in [3.05, 3.63) is 0 Å². The molecular formula is C18H38O4Si2. The molecule has 0 aliphatic carbocycles. The van der Waals surface area contributed by atoms with Gasteiger partial charge in [0.1, 0.15) is 6.10 Å². The van der Waals surface area contributed by atoms with E-state index in [-0.39, 0.29) is 18.3 Å². The molecule has 0 aromatic rings. The standard InChI is InChI=1S/C18H38O4Si2/c1-12(2)23(13(3)4)19-11-18-17(10-16(9)20-18)21-24(22-23,14(5)6)15(7)8/h12-18H,10-11H2,1-9H3/t16?,17-,18+/m0/s1. The minimum absolute atomic E-state index is 0.0534. The maximum Gasteiger partial charge on any atom is 0.335 e. The highest BCUT2D eigenvalue weighted by molar-refractivity contribution is 6.83. The number of ether oxygens (including phenoxy) is 1. The Bertz CT molecular complexity index is 409. The SMILES string of the molecule is CC1C[C@@H]2O[Si](C(C)C)(C(C)C)O[Si](C(C)C)(C(C)C)OC[C@H]2O1. The van der Waals surface area contributed by atoms with Gasteiger partial charge in [0, 0.05) is 6.42 Å². The van der Waals surface area contributed by atoms with Crippen molar-refractivity contribution in [3.63, 3.8) is 0 Å². The maximum atomic E-state index is 7.13. The molecule has 4 nitrogen and oxygen atoms in total. The predicted molar refractivity (Wildman–Crippen MR) is 103 cm³/mol. The summed E-state index contributed by atoms with van der Waals surface area (Å²) in [5.74, 6) is 0. The Morgan fingerprint density at radius 2 is 1.25 bits per heavy atom. The zero-order valence-corrected chi connectivity index (χ0v) is 19.1. The minimum atomic E-state index is -2.44. The largest absolute Gasteiger partial charge is 0.414 e. The van der Waals surface area contributed by atoms with Crippen LogP contribution in [0, 0.1) is 0 Å². The second-order valence-electron chi connectivity index (χ2n) is 8.85. The summed E-state index contributed by atoms with van der Waals surface area (Å²) >= 11 is 0. The highest BCUT2D eigenvalue weighted by Gasteiger charge is 2.59. The third kappa shape index (κ3) is 3.55. The molecule has 2 heterocycles. The molecule has 0 saturated carbocycles. The molecule has 0 spiro atoms. The van der Waals surface area contributed by atoms with Crippen LogP contribution in [0.5, 0.6) is 0 Å². The summed E-state index contributed by atoms with van der Waals surface area (Å²) in [6, 6.07) is 0. The van der Waals surface area contributed by atoms with Crippen LogP contribution in [0.25, 0.3) is 0 Å². The third-order valence-electron chi connectivity index (χ3n) is 5.73. The second kappa shape index (κ2) is 7.49. The van der Waals surface area contributed by atoms with Crippen LogP contribution in [-0.4, -0.2) is 42.0 Å². The first-order valence-corrected chi connectivity index (χ1v) is 13.7. The molecule has 0 aromatic heterocycles. The summed E-state index contributed by atoms with van der Waals surface area (Å²) in [6.45, 7) is 20.8. The van der Waals surface area contributed by atoms with E-state index < -0.39 is 17.1 Å². The van der Waals surface area contributed by atoms with Gasteiger partial charge in [-0.1, -0.05) is 55.4 Å². The van der Waals surface area contributed by atoms with Gasteiger partial charge in [-0.05, 0) is 29.1 Å². The van der Waals surface area contributed by atoms with E-state index in [9.17, 15) is 0 Å². The Balaban J connectivity index is 2.49. The normalized spacial score (nSPS) is 33.1. The van der Waals surface area contributed by atoms with E-state index in [0.29, 0.717) is 28.8 Å². The summed E-state index contributed by atoms with van der Waals surface area (Å²) in [4.78, 5) is 0. The molecule has 0 amide bonds. The van der Waals surface area contributed by atoms with Gasteiger partial charge in [0.05, 0.1) is 18.8 Å². The average Bonchev–Trinajstić information content (AvgIpc) is 2.77. The van der Waals surface area contributed by atoms with E-state index in [0.717, 1.165) is 6.42 Å². The molecule has 142 valence electrons. The maximum absolute atomic E-state index is 7.13. The Kier molecular flexibility index (Phi) is 6.42. The molecule has 2 aliphatic rings. The number of fused-ring (bicyclic) bond motifs is 1. The van der Waals surface area contributed by atoms with Gasteiger partial charge in [-0.3, -0.25) is 0 Å². The fourth-order valence-corrected chi connectivity index (χ4v) is 15.6. The van der Waals surface area contributed by atoms with Gasteiger partial charge in [0.2, 0.25) is 0 Å². The fourth-order valence-electron chi connectivity index (χ4n) is 4.35. The van der Waals surface area contributed by atoms with Crippen molar-refractivity contribution >= 4 is 17.1 Å². The van der Waals surface area contributed by atoms with E-state index in [1.807, 2.05) is 0 Å². The highest BCUT2D eigenvalue weighted by Crippen LogP contribution is 2.47. The van der Waals surface area contributed by atoms with Gasteiger partial charge in [0.25, 0.3) is 0 Å². The number of rotatable bonds is 4. The molecule has 2 aliphatic heterocycles. The number of hydrogen-bond acceptors (Lipinski definition) is 4. The van der Waals surface area contributed by atoms with Crippen LogP contribution in [0.3, 0.4) is 0 Å². The Morgan fingerprint density at radius 3 is 1.71 bits per heavy atom. The molecule has 6 heteroatoms. The van der Waals surface area contributed by atoms with E-state index in [1.54, 1.807) is 0 Å².